The molecule has 0 aromatic heterocycles. The van der Waals surface area contributed by atoms with Crippen molar-refractivity contribution in [1.29, 1.82) is 0 Å². The second-order valence-corrected chi connectivity index (χ2v) is 10.7. The van der Waals surface area contributed by atoms with E-state index in [1.807, 2.05) is 18.2 Å². The average Bonchev–Trinajstić information content (AvgIpc) is 3.14. The normalized spacial score (nSPS) is 20.9. The number of hydrogen-bond acceptors (Lipinski definition) is 6. The molecule has 0 bridgehead atoms. The molecular formula is C26H30N2O6S. The van der Waals surface area contributed by atoms with Gasteiger partial charge < -0.3 is 14.7 Å². The smallest absolute Gasteiger partial charge is 0.295 e. The van der Waals surface area contributed by atoms with Gasteiger partial charge in [-0.05, 0) is 49.1 Å². The van der Waals surface area contributed by atoms with Crippen molar-refractivity contribution in [2.24, 2.45) is 0 Å². The average molecular weight is 499 g/mol. The van der Waals surface area contributed by atoms with E-state index in [2.05, 4.69) is 0 Å². The molecule has 2 aliphatic rings. The van der Waals surface area contributed by atoms with Crippen LogP contribution < -0.4 is 0 Å². The second kappa shape index (κ2) is 10.7. The number of likely N-dealkylation sites (tertiary alicyclic amines) is 1. The quantitative estimate of drug-likeness (QED) is 0.259. The Morgan fingerprint density at radius 3 is 2.29 bits per heavy atom. The zero-order chi connectivity index (χ0) is 25.0. The maximum absolute atomic E-state index is 13.0. The van der Waals surface area contributed by atoms with Gasteiger partial charge in [-0.3, -0.25) is 9.59 Å². The van der Waals surface area contributed by atoms with Crippen molar-refractivity contribution >= 4 is 27.5 Å². The number of hydrogen-bond donors (Lipinski definition) is 1. The number of piperidine rings is 1. The summed E-state index contributed by atoms with van der Waals surface area (Å²) in [5.74, 6) is -1.77. The predicted molar refractivity (Wildman–Crippen MR) is 131 cm³/mol. The molecule has 8 nitrogen and oxygen atoms in total. The molecule has 9 heteroatoms. The first-order valence-corrected chi connectivity index (χ1v) is 13.2. The SMILES string of the molecule is COCCCN1C(=O)C(=O)/C(=C(\O)c2ccc(S(=O)(=O)N3CCCCC3)cc2)C1c1ccccc1. The van der Waals surface area contributed by atoms with Crippen LogP contribution in [-0.2, 0) is 24.3 Å². The Morgan fingerprint density at radius 1 is 1.00 bits per heavy atom. The van der Waals surface area contributed by atoms with E-state index in [0.717, 1.165) is 19.3 Å². The van der Waals surface area contributed by atoms with Crippen LogP contribution in [0.25, 0.3) is 5.76 Å². The fourth-order valence-electron chi connectivity index (χ4n) is 4.67. The number of carbonyl (C=O) groups is 2. The second-order valence-electron chi connectivity index (χ2n) is 8.74. The number of ketones is 1. The molecule has 1 atom stereocenters. The Hall–Kier alpha value is -3.01. The van der Waals surface area contributed by atoms with Crippen molar-refractivity contribution in [3.8, 4) is 0 Å². The number of carbonyl (C=O) groups excluding carboxylic acids is 2. The number of aliphatic hydroxyl groups excluding tert-OH is 1. The molecule has 2 aromatic carbocycles. The highest BCUT2D eigenvalue weighted by atomic mass is 32.2. The number of aliphatic hydroxyl groups is 1. The molecule has 2 saturated heterocycles. The van der Waals surface area contributed by atoms with Crippen LogP contribution in [-0.4, -0.2) is 67.8 Å². The summed E-state index contributed by atoms with van der Waals surface area (Å²) in [6.07, 6.45) is 3.23. The van der Waals surface area contributed by atoms with Crippen molar-refractivity contribution < 1.29 is 27.9 Å². The highest BCUT2D eigenvalue weighted by Gasteiger charge is 2.45. The molecule has 2 fully saturated rings. The summed E-state index contributed by atoms with van der Waals surface area (Å²) in [7, 11) is -2.06. The number of nitrogens with zero attached hydrogens (tertiary/aromatic N) is 2. The van der Waals surface area contributed by atoms with Gasteiger partial charge in [-0.25, -0.2) is 8.42 Å². The Bertz CT molecular complexity index is 1200. The standard InChI is InChI=1S/C26H30N2O6S/c1-34-18-8-17-28-23(19-9-4-2-5-10-19)22(25(30)26(28)31)24(29)20-11-13-21(14-12-20)35(32,33)27-15-6-3-7-16-27/h2,4-5,9-14,23,29H,3,6-8,15-18H2,1H3/b24-22-. The van der Waals surface area contributed by atoms with Crippen LogP contribution in [0.2, 0.25) is 0 Å². The lowest BCUT2D eigenvalue weighted by Crippen LogP contribution is -2.35. The number of ether oxygens (including phenoxy) is 1. The molecule has 0 spiro atoms. The minimum absolute atomic E-state index is 0.00902. The molecule has 0 radical (unpaired) electrons. The van der Waals surface area contributed by atoms with Gasteiger partial charge in [-0.15, -0.1) is 0 Å². The highest BCUT2D eigenvalue weighted by molar-refractivity contribution is 7.89. The molecule has 1 amide bonds. The minimum atomic E-state index is -3.62. The number of sulfonamides is 1. The van der Waals surface area contributed by atoms with Crippen LogP contribution in [0.5, 0.6) is 0 Å². The fourth-order valence-corrected chi connectivity index (χ4v) is 6.18. The Balaban J connectivity index is 1.70. The molecule has 1 unspecified atom stereocenters. The first kappa shape index (κ1) is 25.1. The first-order valence-electron chi connectivity index (χ1n) is 11.8. The van der Waals surface area contributed by atoms with Gasteiger partial charge in [-0.2, -0.15) is 4.31 Å². The molecule has 2 aliphatic heterocycles. The zero-order valence-electron chi connectivity index (χ0n) is 19.7. The predicted octanol–water partition coefficient (Wildman–Crippen LogP) is 3.32. The lowest BCUT2D eigenvalue weighted by molar-refractivity contribution is -0.140. The van der Waals surface area contributed by atoms with E-state index in [0.29, 0.717) is 38.2 Å². The van der Waals surface area contributed by atoms with Crippen LogP contribution in [0.1, 0.15) is 42.9 Å². The van der Waals surface area contributed by atoms with Crippen LogP contribution >= 0.6 is 0 Å². The first-order chi connectivity index (χ1) is 16.9. The third kappa shape index (κ3) is 5.03. The fraction of sp³-hybridized carbons (Fsp3) is 0.385. The van der Waals surface area contributed by atoms with Crippen molar-refractivity contribution in [2.45, 2.75) is 36.6 Å². The van der Waals surface area contributed by atoms with Gasteiger partial charge in [0, 0.05) is 38.9 Å². The molecule has 2 aromatic rings. The van der Waals surface area contributed by atoms with Gasteiger partial charge in [0.2, 0.25) is 10.0 Å². The van der Waals surface area contributed by atoms with Gasteiger partial charge in [0.15, 0.2) is 0 Å². The van der Waals surface area contributed by atoms with E-state index >= 15 is 0 Å². The van der Waals surface area contributed by atoms with Crippen LogP contribution in [0.4, 0.5) is 0 Å². The molecule has 186 valence electrons. The summed E-state index contributed by atoms with van der Waals surface area (Å²) in [6.45, 7) is 1.71. The summed E-state index contributed by atoms with van der Waals surface area (Å²) >= 11 is 0. The summed E-state index contributed by atoms with van der Waals surface area (Å²) < 4.78 is 32.5. The molecule has 35 heavy (non-hydrogen) atoms. The van der Waals surface area contributed by atoms with Crippen LogP contribution in [0.15, 0.2) is 65.1 Å². The lowest BCUT2D eigenvalue weighted by atomic mass is 9.95. The van der Waals surface area contributed by atoms with E-state index in [1.165, 1.54) is 33.5 Å². The summed E-state index contributed by atoms with van der Waals surface area (Å²) in [4.78, 5) is 27.5. The van der Waals surface area contributed by atoms with Gasteiger partial charge in [0.05, 0.1) is 16.5 Å². The Labute approximate surface area is 205 Å². The maximum Gasteiger partial charge on any atom is 0.295 e. The number of methoxy groups -OCH3 is 1. The largest absolute Gasteiger partial charge is 0.507 e. The molecule has 0 aliphatic carbocycles. The van der Waals surface area contributed by atoms with Gasteiger partial charge in [0.1, 0.15) is 5.76 Å². The maximum atomic E-state index is 13.0. The number of rotatable bonds is 8. The van der Waals surface area contributed by atoms with E-state index in [4.69, 9.17) is 4.74 Å². The number of Topliss-reactive ketones (excluding diaryl/α,β-unsaturated/α-hetero) is 1. The van der Waals surface area contributed by atoms with Crippen LogP contribution in [0.3, 0.4) is 0 Å². The van der Waals surface area contributed by atoms with E-state index < -0.39 is 27.8 Å². The molecule has 0 saturated carbocycles. The van der Waals surface area contributed by atoms with Crippen molar-refractivity contribution in [1.82, 2.24) is 9.21 Å². The minimum Gasteiger partial charge on any atom is -0.507 e. The Kier molecular flexibility index (Phi) is 7.69. The van der Waals surface area contributed by atoms with Crippen LogP contribution in [0, 0.1) is 0 Å². The molecule has 4 rings (SSSR count). The molecule has 1 N–H and O–H groups in total. The highest BCUT2D eigenvalue weighted by Crippen LogP contribution is 2.39. The van der Waals surface area contributed by atoms with Crippen molar-refractivity contribution in [2.75, 3.05) is 33.4 Å². The zero-order valence-corrected chi connectivity index (χ0v) is 20.5. The number of amides is 1. The third-order valence-corrected chi connectivity index (χ3v) is 8.40. The Morgan fingerprint density at radius 2 is 1.66 bits per heavy atom. The van der Waals surface area contributed by atoms with Crippen molar-refractivity contribution in [3.63, 3.8) is 0 Å². The van der Waals surface area contributed by atoms with Gasteiger partial charge in [0.25, 0.3) is 11.7 Å². The third-order valence-electron chi connectivity index (χ3n) is 6.48. The van der Waals surface area contributed by atoms with E-state index in [1.54, 1.807) is 19.2 Å². The van der Waals surface area contributed by atoms with E-state index in [-0.39, 0.29) is 21.8 Å². The summed E-state index contributed by atoms with van der Waals surface area (Å²) in [6, 6.07) is 14.2. The topological polar surface area (TPSA) is 104 Å². The molecule has 2 heterocycles. The monoisotopic (exact) mass is 498 g/mol. The summed E-state index contributed by atoms with van der Waals surface area (Å²) in [5, 5.41) is 11.2. The molecular weight excluding hydrogens is 468 g/mol. The van der Waals surface area contributed by atoms with Gasteiger partial charge >= 0.3 is 0 Å². The van der Waals surface area contributed by atoms with Gasteiger partial charge in [-0.1, -0.05) is 36.8 Å². The number of benzene rings is 2. The van der Waals surface area contributed by atoms with E-state index in [9.17, 15) is 23.1 Å². The lowest BCUT2D eigenvalue weighted by Gasteiger charge is -2.26. The summed E-state index contributed by atoms with van der Waals surface area (Å²) in [5.41, 5.74) is 0.971. The van der Waals surface area contributed by atoms with Crippen molar-refractivity contribution in [3.05, 3.63) is 71.3 Å².